The van der Waals surface area contributed by atoms with Crippen LogP contribution in [0.2, 0.25) is 0 Å². The van der Waals surface area contributed by atoms with Crippen molar-refractivity contribution in [3.05, 3.63) is 90.0 Å². The molecule has 2 aliphatic rings. The van der Waals surface area contributed by atoms with Crippen LogP contribution in [0.3, 0.4) is 0 Å². The van der Waals surface area contributed by atoms with Crippen LogP contribution in [0.5, 0.6) is 5.75 Å². The normalized spacial score (nSPS) is 19.9. The molecular weight excluding hydrogens is 378 g/mol. The van der Waals surface area contributed by atoms with Crippen LogP contribution in [-0.2, 0) is 0 Å². The molecule has 0 radical (unpaired) electrons. The van der Waals surface area contributed by atoms with E-state index in [1.807, 2.05) is 65.8 Å². The van der Waals surface area contributed by atoms with Crippen molar-refractivity contribution < 1.29 is 13.9 Å². The number of benzene rings is 2. The van der Waals surface area contributed by atoms with E-state index in [4.69, 9.17) is 14.3 Å². The van der Waals surface area contributed by atoms with Crippen LogP contribution >= 0.6 is 0 Å². The number of carbonyl (C=O) groups excluding carboxylic acids is 1. The second-order valence-corrected chi connectivity index (χ2v) is 7.62. The van der Waals surface area contributed by atoms with Crippen molar-refractivity contribution >= 4 is 22.5 Å². The Labute approximate surface area is 173 Å². The minimum atomic E-state index is -0.442. The highest BCUT2D eigenvalue weighted by Crippen LogP contribution is 2.48. The van der Waals surface area contributed by atoms with Crippen molar-refractivity contribution in [1.29, 1.82) is 0 Å². The predicted molar refractivity (Wildman–Crippen MR) is 112 cm³/mol. The lowest BCUT2D eigenvalue weighted by Crippen LogP contribution is -2.33. The summed E-state index contributed by atoms with van der Waals surface area (Å²) in [7, 11) is 0. The molecule has 2 aromatic carbocycles. The molecule has 2 atom stereocenters. The molecule has 4 heterocycles. The van der Waals surface area contributed by atoms with Gasteiger partial charge in [0, 0.05) is 36.1 Å². The van der Waals surface area contributed by atoms with Gasteiger partial charge >= 0.3 is 0 Å². The van der Waals surface area contributed by atoms with Gasteiger partial charge in [-0.05, 0) is 24.3 Å². The van der Waals surface area contributed by atoms with E-state index in [0.717, 1.165) is 45.7 Å². The zero-order chi connectivity index (χ0) is 20.2. The van der Waals surface area contributed by atoms with E-state index in [0.29, 0.717) is 0 Å². The first-order valence-electron chi connectivity index (χ1n) is 9.97. The molecule has 0 unspecified atom stereocenters. The summed E-state index contributed by atoms with van der Waals surface area (Å²) >= 11 is 0. The molecule has 6 nitrogen and oxygen atoms in total. The van der Waals surface area contributed by atoms with Crippen molar-refractivity contribution in [3.63, 3.8) is 0 Å². The van der Waals surface area contributed by atoms with Gasteiger partial charge < -0.3 is 9.15 Å². The molecule has 0 saturated heterocycles. The average molecular weight is 397 g/mol. The zero-order valence-corrected chi connectivity index (χ0v) is 16.4. The number of aromatic nitrogens is 1. The van der Waals surface area contributed by atoms with E-state index >= 15 is 0 Å². The molecule has 30 heavy (non-hydrogen) atoms. The number of furan rings is 1. The first-order chi connectivity index (χ1) is 14.7. The van der Waals surface area contributed by atoms with Gasteiger partial charge in [0.1, 0.15) is 17.2 Å². The lowest BCUT2D eigenvalue weighted by molar-refractivity contribution is -0.0181. The Bertz CT molecular complexity index is 1300. The van der Waals surface area contributed by atoms with Crippen LogP contribution in [0.15, 0.2) is 82.6 Å². The Balaban J connectivity index is 1.54. The maximum absolute atomic E-state index is 12.3. The van der Waals surface area contributed by atoms with Crippen LogP contribution < -0.4 is 4.74 Å². The highest BCUT2D eigenvalue weighted by Gasteiger charge is 2.42. The highest BCUT2D eigenvalue weighted by atomic mass is 16.5. The highest BCUT2D eigenvalue weighted by molar-refractivity contribution is 5.99. The average Bonchev–Trinajstić information content (AvgIpc) is 3.51. The van der Waals surface area contributed by atoms with Crippen molar-refractivity contribution in [3.8, 4) is 5.75 Å². The first-order valence-corrected chi connectivity index (χ1v) is 9.97. The molecular formula is C24H19N3O3. The van der Waals surface area contributed by atoms with E-state index in [-0.39, 0.29) is 11.9 Å². The molecule has 2 aliphatic heterocycles. The van der Waals surface area contributed by atoms with Crippen LogP contribution in [0.4, 0.5) is 0 Å². The van der Waals surface area contributed by atoms with Crippen LogP contribution in [-0.4, -0.2) is 21.2 Å². The molecule has 6 rings (SSSR count). The molecule has 0 spiro atoms. The summed E-state index contributed by atoms with van der Waals surface area (Å²) in [6, 6.07) is 19.8. The Kier molecular flexibility index (Phi) is 3.62. The van der Waals surface area contributed by atoms with Crippen LogP contribution in [0.25, 0.3) is 10.9 Å². The molecule has 2 aromatic heterocycles. The third kappa shape index (κ3) is 2.43. The van der Waals surface area contributed by atoms with E-state index in [1.165, 1.54) is 0 Å². The molecule has 4 aromatic rings. The summed E-state index contributed by atoms with van der Waals surface area (Å²) in [6.07, 6.45) is 3.83. The number of ether oxygens (including phenoxy) is 1. The van der Waals surface area contributed by atoms with Crippen molar-refractivity contribution in [2.24, 2.45) is 5.10 Å². The first kappa shape index (κ1) is 17.1. The predicted octanol–water partition coefficient (Wildman–Crippen LogP) is 5.14. The fourth-order valence-corrected chi connectivity index (χ4v) is 4.49. The molecule has 0 fully saturated rings. The maximum Gasteiger partial charge on any atom is 0.227 e. The van der Waals surface area contributed by atoms with Crippen molar-refractivity contribution in [2.75, 3.05) is 0 Å². The second-order valence-electron chi connectivity index (χ2n) is 7.62. The fourth-order valence-electron chi connectivity index (χ4n) is 4.49. The van der Waals surface area contributed by atoms with Gasteiger partial charge in [-0.25, -0.2) is 5.01 Å². The van der Waals surface area contributed by atoms with Gasteiger partial charge in [-0.3, -0.25) is 9.36 Å². The molecule has 0 aliphatic carbocycles. The third-order valence-corrected chi connectivity index (χ3v) is 5.85. The molecule has 0 N–H and O–H groups in total. The Hall–Kier alpha value is -3.80. The van der Waals surface area contributed by atoms with E-state index in [2.05, 4.69) is 6.07 Å². The number of rotatable bonds is 2. The summed E-state index contributed by atoms with van der Waals surface area (Å²) < 4.78 is 13.8. The number of hydrogen-bond acceptors (Lipinski definition) is 5. The van der Waals surface area contributed by atoms with Gasteiger partial charge in [-0.2, -0.15) is 5.10 Å². The summed E-state index contributed by atoms with van der Waals surface area (Å²) in [5.74, 6) is 1.58. The maximum atomic E-state index is 12.3. The Morgan fingerprint density at radius 1 is 1.03 bits per heavy atom. The van der Waals surface area contributed by atoms with Crippen molar-refractivity contribution in [1.82, 2.24) is 9.58 Å². The summed E-state index contributed by atoms with van der Waals surface area (Å²) in [6.45, 7) is 1.57. The Morgan fingerprint density at radius 3 is 2.70 bits per heavy atom. The molecule has 0 amide bonds. The lowest BCUT2D eigenvalue weighted by atomic mass is 9.97. The van der Waals surface area contributed by atoms with Crippen LogP contribution in [0.1, 0.15) is 47.3 Å². The SMILES string of the molecule is CC(=O)n1cc([C@H]2Oc3ccccc3[C@H]3CC(c4ccco4)=NN32)c2ccccc21. The van der Waals surface area contributed by atoms with E-state index in [9.17, 15) is 4.79 Å². The van der Waals surface area contributed by atoms with Gasteiger partial charge in [-0.1, -0.05) is 36.4 Å². The van der Waals surface area contributed by atoms with Gasteiger partial charge in [-0.15, -0.1) is 0 Å². The van der Waals surface area contributed by atoms with Gasteiger partial charge in [0.25, 0.3) is 0 Å². The number of hydrazone groups is 1. The quantitative estimate of drug-likeness (QED) is 0.470. The largest absolute Gasteiger partial charge is 0.464 e. The number of hydrogen-bond donors (Lipinski definition) is 0. The van der Waals surface area contributed by atoms with Gasteiger partial charge in [0.05, 0.1) is 17.8 Å². The van der Waals surface area contributed by atoms with Crippen molar-refractivity contribution in [2.45, 2.75) is 25.6 Å². The molecule has 148 valence electrons. The number of nitrogens with zero attached hydrogens (tertiary/aromatic N) is 3. The monoisotopic (exact) mass is 397 g/mol. The number of para-hydroxylation sites is 2. The Morgan fingerprint density at radius 2 is 1.87 bits per heavy atom. The zero-order valence-electron chi connectivity index (χ0n) is 16.4. The summed E-state index contributed by atoms with van der Waals surface area (Å²) in [5.41, 5.74) is 3.79. The minimum Gasteiger partial charge on any atom is -0.464 e. The van der Waals surface area contributed by atoms with Gasteiger partial charge in [0.15, 0.2) is 0 Å². The lowest BCUT2D eigenvalue weighted by Gasteiger charge is -2.37. The van der Waals surface area contributed by atoms with Crippen LogP contribution in [0, 0.1) is 0 Å². The van der Waals surface area contributed by atoms with E-state index < -0.39 is 6.23 Å². The second kappa shape index (κ2) is 6.35. The minimum absolute atomic E-state index is 0.0357. The molecule has 6 heteroatoms. The topological polar surface area (TPSA) is 60.0 Å². The molecule has 0 bridgehead atoms. The number of carbonyl (C=O) groups is 1. The van der Waals surface area contributed by atoms with Gasteiger partial charge in [0.2, 0.25) is 12.1 Å². The summed E-state index contributed by atoms with van der Waals surface area (Å²) in [5, 5.41) is 7.90. The molecule has 0 saturated carbocycles. The smallest absolute Gasteiger partial charge is 0.227 e. The summed E-state index contributed by atoms with van der Waals surface area (Å²) in [4.78, 5) is 12.3. The standard InChI is InChI=1S/C24H19N3O3/c1-15(28)26-14-18(16-7-2-4-9-20(16)26)24-27-21(17-8-3-5-10-22(17)30-24)13-19(25-27)23-11-6-12-29-23/h2-12,14,21,24H,13H2,1H3/t21-,24-/m1/s1. The van der Waals surface area contributed by atoms with E-state index in [1.54, 1.807) is 17.8 Å². The fraction of sp³-hybridized carbons (Fsp3) is 0.167. The number of fused-ring (bicyclic) bond motifs is 4. The third-order valence-electron chi connectivity index (χ3n) is 5.85.